The van der Waals surface area contributed by atoms with Gasteiger partial charge in [-0.05, 0) is 39.5 Å². The van der Waals surface area contributed by atoms with E-state index >= 15 is 0 Å². The van der Waals surface area contributed by atoms with E-state index < -0.39 is 0 Å². The molecule has 0 radical (unpaired) electrons. The average molecular weight is 330 g/mol. The van der Waals surface area contributed by atoms with Crippen LogP contribution in [0.25, 0.3) is 0 Å². The zero-order valence-corrected chi connectivity index (χ0v) is 15.3. The lowest BCUT2D eigenvalue weighted by Crippen LogP contribution is -2.54. The second-order valence-electron chi connectivity index (χ2n) is 7.45. The molecule has 2 fully saturated rings. The van der Waals surface area contributed by atoms with Crippen LogP contribution < -0.4 is 4.90 Å². The number of carbonyl (C=O) groups excluding carboxylic acids is 1. The first-order valence-corrected chi connectivity index (χ1v) is 9.42. The van der Waals surface area contributed by atoms with Gasteiger partial charge >= 0.3 is 0 Å². The van der Waals surface area contributed by atoms with Crippen LogP contribution >= 0.6 is 0 Å². The third-order valence-corrected chi connectivity index (χ3v) is 5.57. The van der Waals surface area contributed by atoms with Gasteiger partial charge < -0.3 is 9.80 Å². The van der Waals surface area contributed by atoms with Crippen LogP contribution in [0.15, 0.2) is 6.20 Å². The Hall–Kier alpha value is -1.65. The summed E-state index contributed by atoms with van der Waals surface area (Å²) in [6.45, 7) is 10.1. The first-order valence-electron chi connectivity index (χ1n) is 9.42. The topological polar surface area (TPSA) is 49.3 Å². The van der Waals surface area contributed by atoms with Crippen molar-refractivity contribution in [2.75, 3.05) is 31.1 Å². The summed E-state index contributed by atoms with van der Waals surface area (Å²) < 4.78 is 0. The lowest BCUT2D eigenvalue weighted by atomic mass is 9.73. The first-order chi connectivity index (χ1) is 11.6. The van der Waals surface area contributed by atoms with Crippen LogP contribution in [0.3, 0.4) is 0 Å². The van der Waals surface area contributed by atoms with Crippen molar-refractivity contribution in [3.63, 3.8) is 0 Å². The molecule has 3 heterocycles. The number of piperidine rings is 2. The highest BCUT2D eigenvalue weighted by molar-refractivity contribution is 5.77. The quantitative estimate of drug-likeness (QED) is 0.851. The highest BCUT2D eigenvalue weighted by Crippen LogP contribution is 2.40. The van der Waals surface area contributed by atoms with Crippen molar-refractivity contribution in [1.29, 1.82) is 0 Å². The van der Waals surface area contributed by atoms with Gasteiger partial charge in [0.05, 0.1) is 0 Å². The molecule has 0 N–H and O–H groups in total. The smallest absolute Gasteiger partial charge is 0.222 e. The summed E-state index contributed by atoms with van der Waals surface area (Å²) in [5.74, 6) is 2.30. The second-order valence-corrected chi connectivity index (χ2v) is 7.45. The van der Waals surface area contributed by atoms with Gasteiger partial charge in [-0.15, -0.1) is 0 Å². The van der Waals surface area contributed by atoms with Crippen molar-refractivity contribution in [3.8, 4) is 0 Å². The highest BCUT2D eigenvalue weighted by atomic mass is 16.2. The van der Waals surface area contributed by atoms with E-state index in [-0.39, 0.29) is 5.41 Å². The molecule has 0 saturated carbocycles. The molecule has 1 aromatic heterocycles. The van der Waals surface area contributed by atoms with Crippen LogP contribution in [-0.2, 0) is 11.2 Å². The fraction of sp³-hybridized carbons (Fsp3) is 0.737. The van der Waals surface area contributed by atoms with E-state index in [1.807, 2.05) is 18.0 Å². The first kappa shape index (κ1) is 17.2. The number of aromatic nitrogens is 2. The number of rotatable bonds is 4. The molecule has 1 aromatic rings. The standard InChI is InChI=1S/C19H30N4O/c1-4-7-16-12-20-15(3)21-18(16)23-11-6-9-19(14-23)10-8-17(24)22(5-2)13-19/h12H,4-11,13-14H2,1-3H3/t19-/m0/s1. The molecule has 5 nitrogen and oxygen atoms in total. The Balaban J connectivity index is 1.83. The van der Waals surface area contributed by atoms with Crippen molar-refractivity contribution < 1.29 is 4.79 Å². The Kier molecular flexibility index (Phi) is 5.07. The summed E-state index contributed by atoms with van der Waals surface area (Å²) in [7, 11) is 0. The Morgan fingerprint density at radius 1 is 1.25 bits per heavy atom. The van der Waals surface area contributed by atoms with Gasteiger partial charge in [0.25, 0.3) is 0 Å². The number of anilines is 1. The summed E-state index contributed by atoms with van der Waals surface area (Å²) in [5, 5.41) is 0. The van der Waals surface area contributed by atoms with Gasteiger partial charge in [0.1, 0.15) is 11.6 Å². The van der Waals surface area contributed by atoms with Crippen LogP contribution in [0.4, 0.5) is 5.82 Å². The molecule has 1 amide bonds. The zero-order chi connectivity index (χ0) is 17.2. The molecule has 1 spiro atoms. The third-order valence-electron chi connectivity index (χ3n) is 5.57. The van der Waals surface area contributed by atoms with E-state index in [0.717, 1.165) is 57.1 Å². The maximum absolute atomic E-state index is 12.1. The Morgan fingerprint density at radius 3 is 2.83 bits per heavy atom. The zero-order valence-electron chi connectivity index (χ0n) is 15.3. The molecule has 1 atom stereocenters. The predicted molar refractivity (Wildman–Crippen MR) is 96.1 cm³/mol. The summed E-state index contributed by atoms with van der Waals surface area (Å²) in [4.78, 5) is 25.8. The minimum atomic E-state index is 0.241. The number of carbonyl (C=O) groups is 1. The monoisotopic (exact) mass is 330 g/mol. The predicted octanol–water partition coefficient (Wildman–Crippen LogP) is 2.97. The Bertz CT molecular complexity index is 603. The molecule has 24 heavy (non-hydrogen) atoms. The molecule has 0 bridgehead atoms. The molecule has 132 valence electrons. The maximum Gasteiger partial charge on any atom is 0.222 e. The average Bonchev–Trinajstić information content (AvgIpc) is 2.59. The molecule has 2 aliphatic heterocycles. The van der Waals surface area contributed by atoms with Crippen molar-refractivity contribution in [2.45, 2.75) is 59.3 Å². The third kappa shape index (κ3) is 3.40. The lowest BCUT2D eigenvalue weighted by Gasteiger charge is -2.48. The Labute approximate surface area is 145 Å². The number of hydrogen-bond acceptors (Lipinski definition) is 4. The molecule has 5 heteroatoms. The van der Waals surface area contributed by atoms with Crippen molar-refractivity contribution in [3.05, 3.63) is 17.6 Å². The summed E-state index contributed by atoms with van der Waals surface area (Å²) in [6, 6.07) is 0. The summed E-state index contributed by atoms with van der Waals surface area (Å²) in [5.41, 5.74) is 1.50. The van der Waals surface area contributed by atoms with Gasteiger partial charge in [0.15, 0.2) is 0 Å². The molecular weight excluding hydrogens is 300 g/mol. The fourth-order valence-electron chi connectivity index (χ4n) is 4.31. The SMILES string of the molecule is CCCc1cnc(C)nc1N1CCC[C@@]2(CCC(=O)N(CC)C2)C1. The fourth-order valence-corrected chi connectivity index (χ4v) is 4.31. The van der Waals surface area contributed by atoms with E-state index in [1.54, 1.807) is 0 Å². The van der Waals surface area contributed by atoms with Crippen LogP contribution in [-0.4, -0.2) is 47.0 Å². The van der Waals surface area contributed by atoms with Crippen LogP contribution in [0.1, 0.15) is 57.3 Å². The number of hydrogen-bond donors (Lipinski definition) is 0. The molecular formula is C19H30N4O. The number of likely N-dealkylation sites (tertiary alicyclic amines) is 1. The largest absolute Gasteiger partial charge is 0.356 e. The molecule has 0 aromatic carbocycles. The highest BCUT2D eigenvalue weighted by Gasteiger charge is 2.41. The van der Waals surface area contributed by atoms with E-state index in [0.29, 0.717) is 12.3 Å². The lowest BCUT2D eigenvalue weighted by molar-refractivity contribution is -0.137. The van der Waals surface area contributed by atoms with Gasteiger partial charge in [-0.2, -0.15) is 0 Å². The van der Waals surface area contributed by atoms with Crippen molar-refractivity contribution >= 4 is 11.7 Å². The Morgan fingerprint density at radius 2 is 2.08 bits per heavy atom. The number of amides is 1. The van der Waals surface area contributed by atoms with Gasteiger partial charge in [-0.25, -0.2) is 9.97 Å². The summed E-state index contributed by atoms with van der Waals surface area (Å²) in [6.07, 6.45) is 8.26. The molecule has 2 saturated heterocycles. The van der Waals surface area contributed by atoms with Gasteiger partial charge in [0, 0.05) is 49.8 Å². The van der Waals surface area contributed by atoms with Crippen LogP contribution in [0, 0.1) is 12.3 Å². The normalized spacial score (nSPS) is 24.7. The minimum Gasteiger partial charge on any atom is -0.356 e. The molecule has 3 rings (SSSR count). The maximum atomic E-state index is 12.1. The van der Waals surface area contributed by atoms with Gasteiger partial charge in [-0.3, -0.25) is 4.79 Å². The van der Waals surface area contributed by atoms with E-state index in [1.165, 1.54) is 18.4 Å². The van der Waals surface area contributed by atoms with E-state index in [4.69, 9.17) is 4.98 Å². The molecule has 0 unspecified atom stereocenters. The minimum absolute atomic E-state index is 0.241. The second kappa shape index (κ2) is 7.08. The summed E-state index contributed by atoms with van der Waals surface area (Å²) >= 11 is 0. The van der Waals surface area contributed by atoms with Crippen LogP contribution in [0.5, 0.6) is 0 Å². The number of nitrogens with zero attached hydrogens (tertiary/aromatic N) is 4. The number of aryl methyl sites for hydroxylation is 2. The van der Waals surface area contributed by atoms with Crippen molar-refractivity contribution in [2.24, 2.45) is 5.41 Å². The molecule has 0 aliphatic carbocycles. The van der Waals surface area contributed by atoms with Gasteiger partial charge in [0.2, 0.25) is 5.91 Å². The van der Waals surface area contributed by atoms with E-state index in [9.17, 15) is 4.79 Å². The van der Waals surface area contributed by atoms with E-state index in [2.05, 4.69) is 23.7 Å². The molecule has 2 aliphatic rings. The van der Waals surface area contributed by atoms with Crippen LogP contribution in [0.2, 0.25) is 0 Å². The van der Waals surface area contributed by atoms with Crippen molar-refractivity contribution in [1.82, 2.24) is 14.9 Å². The van der Waals surface area contributed by atoms with Gasteiger partial charge in [-0.1, -0.05) is 13.3 Å².